The summed E-state index contributed by atoms with van der Waals surface area (Å²) in [6, 6.07) is 0. The number of halogens is 2. The third-order valence-electron chi connectivity index (χ3n) is 4.20. The Hall–Kier alpha value is 0.423. The average molecular weight is 374 g/mol. The van der Waals surface area contributed by atoms with E-state index in [0.29, 0.717) is 0 Å². The zero-order valence-corrected chi connectivity index (χ0v) is 15.4. The van der Waals surface area contributed by atoms with E-state index in [2.05, 4.69) is 31.2 Å². The summed E-state index contributed by atoms with van der Waals surface area (Å²) in [5.74, 6) is 0.929. The Bertz CT molecular complexity index is 438. The topological polar surface area (TPSA) is 0 Å². The van der Waals surface area contributed by atoms with Crippen molar-refractivity contribution in [3.8, 4) is 0 Å². The number of allylic oxidation sites excluding steroid dienone is 8. The number of hydrogen-bond acceptors (Lipinski definition) is 0. The summed E-state index contributed by atoms with van der Waals surface area (Å²) in [4.78, 5) is 0. The van der Waals surface area contributed by atoms with Crippen molar-refractivity contribution in [1.29, 1.82) is 0 Å². The summed E-state index contributed by atoms with van der Waals surface area (Å²) >= 11 is -0.460. The standard InChI is InChI=1S/C11H15.C5H5.2ClH.Zr/c1-9-6-7-11(8-9)10-4-2-3-5-10;1-2-4-5-3-1;;;/h7,10H,2-6H2,1H3;1-3H,4H2;2*1H;/q;;;;+2/p-2. The van der Waals surface area contributed by atoms with E-state index in [1.54, 1.807) is 14.4 Å². The predicted molar refractivity (Wildman–Crippen MR) is 69.2 cm³/mol. The Balaban J connectivity index is 0.000000902. The molecule has 0 N–H and O–H groups in total. The zero-order chi connectivity index (χ0) is 11.7. The van der Waals surface area contributed by atoms with Crippen LogP contribution >= 0.6 is 0 Å². The van der Waals surface area contributed by atoms with Gasteiger partial charge in [-0.05, 0) is 0 Å². The number of hydrogen-bond donors (Lipinski definition) is 0. The van der Waals surface area contributed by atoms with Crippen molar-refractivity contribution in [3.63, 3.8) is 0 Å². The van der Waals surface area contributed by atoms with Gasteiger partial charge in [0.2, 0.25) is 0 Å². The minimum Gasteiger partial charge on any atom is -1.00 e. The molecule has 0 spiro atoms. The molecule has 0 aromatic carbocycles. The second kappa shape index (κ2) is 8.01. The van der Waals surface area contributed by atoms with Gasteiger partial charge in [-0.15, -0.1) is 0 Å². The van der Waals surface area contributed by atoms with Gasteiger partial charge in [0.1, 0.15) is 0 Å². The maximum Gasteiger partial charge on any atom is -1.00 e. The van der Waals surface area contributed by atoms with Gasteiger partial charge in [-0.3, -0.25) is 0 Å². The molecule has 1 saturated carbocycles. The maximum atomic E-state index is 2.56. The third-order valence-corrected chi connectivity index (χ3v) is 8.27. The van der Waals surface area contributed by atoms with E-state index in [-0.39, 0.29) is 24.8 Å². The average Bonchev–Trinajstić information content (AvgIpc) is 3.03. The van der Waals surface area contributed by atoms with E-state index in [0.717, 1.165) is 5.92 Å². The first-order chi connectivity index (χ1) is 8.34. The van der Waals surface area contributed by atoms with Gasteiger partial charge in [0.05, 0.1) is 0 Å². The second-order valence-corrected chi connectivity index (χ2v) is 8.87. The van der Waals surface area contributed by atoms with Gasteiger partial charge in [0, 0.05) is 0 Å². The fourth-order valence-electron chi connectivity index (χ4n) is 3.20. The SMILES string of the molecule is CC1=[C]([Zr+2][C]2=CC=CC2)C(C2CCCC2)=CC1.[Cl-].[Cl-]. The van der Waals surface area contributed by atoms with E-state index >= 15 is 0 Å². The molecule has 0 aliphatic heterocycles. The van der Waals surface area contributed by atoms with Gasteiger partial charge < -0.3 is 24.8 Å². The Morgan fingerprint density at radius 1 is 1.11 bits per heavy atom. The van der Waals surface area contributed by atoms with Crippen LogP contribution in [0.4, 0.5) is 0 Å². The molecule has 0 aromatic rings. The molecule has 3 heteroatoms. The molecule has 102 valence electrons. The number of rotatable bonds is 3. The minimum absolute atomic E-state index is 0. The van der Waals surface area contributed by atoms with Crippen molar-refractivity contribution in [2.24, 2.45) is 5.92 Å². The summed E-state index contributed by atoms with van der Waals surface area (Å²) in [5.41, 5.74) is 3.49. The molecule has 3 aliphatic carbocycles. The van der Waals surface area contributed by atoms with Crippen molar-refractivity contribution in [2.45, 2.75) is 45.4 Å². The molecule has 1 fully saturated rings. The molecule has 0 radical (unpaired) electrons. The van der Waals surface area contributed by atoms with E-state index in [4.69, 9.17) is 0 Å². The Kier molecular flexibility index (Phi) is 7.37. The van der Waals surface area contributed by atoms with Crippen LogP contribution in [0.25, 0.3) is 0 Å². The monoisotopic (exact) mass is 372 g/mol. The van der Waals surface area contributed by atoms with E-state index < -0.39 is 23.2 Å². The minimum atomic E-state index is -0.460. The summed E-state index contributed by atoms with van der Waals surface area (Å²) in [5, 5.41) is 0. The molecule has 0 saturated heterocycles. The van der Waals surface area contributed by atoms with Crippen LogP contribution < -0.4 is 24.8 Å². The molecular formula is C16H20Cl2Zr. The predicted octanol–water partition coefficient (Wildman–Crippen LogP) is -1.28. The van der Waals surface area contributed by atoms with Crippen LogP contribution in [0.2, 0.25) is 0 Å². The van der Waals surface area contributed by atoms with E-state index in [9.17, 15) is 0 Å². The van der Waals surface area contributed by atoms with Crippen LogP contribution in [-0.4, -0.2) is 0 Å². The summed E-state index contributed by atoms with van der Waals surface area (Å²) in [6.07, 6.45) is 17.9. The molecule has 3 aliphatic rings. The van der Waals surface area contributed by atoms with Crippen LogP contribution in [0.3, 0.4) is 0 Å². The first-order valence-electron chi connectivity index (χ1n) is 6.87. The van der Waals surface area contributed by atoms with Crippen LogP contribution in [0, 0.1) is 5.92 Å². The van der Waals surface area contributed by atoms with Gasteiger partial charge in [-0.2, -0.15) is 0 Å². The van der Waals surface area contributed by atoms with Gasteiger partial charge in [0.15, 0.2) is 0 Å². The van der Waals surface area contributed by atoms with Crippen molar-refractivity contribution < 1.29 is 48.0 Å². The van der Waals surface area contributed by atoms with Gasteiger partial charge >= 0.3 is 117 Å². The first kappa shape index (κ1) is 17.5. The molecule has 0 unspecified atom stereocenters. The fourth-order valence-corrected chi connectivity index (χ4v) is 6.85. The largest absolute Gasteiger partial charge is 1.00 e. The normalized spacial score (nSPS) is 21.7. The zero-order valence-electron chi connectivity index (χ0n) is 11.4. The van der Waals surface area contributed by atoms with Crippen LogP contribution in [0.5, 0.6) is 0 Å². The summed E-state index contributed by atoms with van der Waals surface area (Å²) in [6.45, 7) is 2.37. The van der Waals surface area contributed by atoms with Crippen LogP contribution in [-0.2, 0) is 23.2 Å². The molecular weight excluding hydrogens is 354 g/mol. The van der Waals surface area contributed by atoms with Gasteiger partial charge in [-0.25, -0.2) is 0 Å². The molecule has 0 nitrogen and oxygen atoms in total. The Morgan fingerprint density at radius 2 is 1.84 bits per heavy atom. The van der Waals surface area contributed by atoms with Crippen molar-refractivity contribution in [2.75, 3.05) is 0 Å². The molecule has 0 amide bonds. The van der Waals surface area contributed by atoms with Crippen molar-refractivity contribution in [3.05, 3.63) is 42.0 Å². The summed E-state index contributed by atoms with van der Waals surface area (Å²) < 4.78 is 3.63. The Morgan fingerprint density at radius 3 is 2.47 bits per heavy atom. The molecule has 0 atom stereocenters. The van der Waals surface area contributed by atoms with Gasteiger partial charge in [-0.1, -0.05) is 0 Å². The van der Waals surface area contributed by atoms with Crippen molar-refractivity contribution >= 4 is 0 Å². The molecule has 0 heterocycles. The van der Waals surface area contributed by atoms with Crippen LogP contribution in [0.1, 0.15) is 45.4 Å². The van der Waals surface area contributed by atoms with Crippen LogP contribution in [0.15, 0.2) is 42.0 Å². The molecule has 0 aromatic heterocycles. The quantitative estimate of drug-likeness (QED) is 0.577. The fraction of sp³-hybridized carbons (Fsp3) is 0.500. The van der Waals surface area contributed by atoms with Gasteiger partial charge in [0.25, 0.3) is 0 Å². The molecule has 0 bridgehead atoms. The summed E-state index contributed by atoms with van der Waals surface area (Å²) in [7, 11) is 0. The van der Waals surface area contributed by atoms with E-state index in [1.165, 1.54) is 38.5 Å². The Labute approximate surface area is 140 Å². The molecule has 19 heavy (non-hydrogen) atoms. The smallest absolute Gasteiger partial charge is 1.00 e. The van der Waals surface area contributed by atoms with Crippen molar-refractivity contribution in [1.82, 2.24) is 0 Å². The second-order valence-electron chi connectivity index (χ2n) is 5.45. The first-order valence-corrected chi connectivity index (χ1v) is 9.33. The maximum absolute atomic E-state index is 2.56. The molecule has 3 rings (SSSR count). The third kappa shape index (κ3) is 3.96. The van der Waals surface area contributed by atoms with E-state index in [1.807, 2.05) is 3.28 Å².